The third-order valence-electron chi connectivity index (χ3n) is 5.12. The Morgan fingerprint density at radius 3 is 2.69 bits per heavy atom. The minimum absolute atomic E-state index is 0.105. The van der Waals surface area contributed by atoms with Gasteiger partial charge in [-0.3, -0.25) is 0 Å². The van der Waals surface area contributed by atoms with E-state index in [4.69, 9.17) is 0 Å². The van der Waals surface area contributed by atoms with Gasteiger partial charge < -0.3 is 5.11 Å². The highest BCUT2D eigenvalue weighted by Gasteiger charge is 2.44. The Kier molecular flexibility index (Phi) is 3.18. The zero-order valence-corrected chi connectivity index (χ0v) is 11.2. The summed E-state index contributed by atoms with van der Waals surface area (Å²) in [4.78, 5) is 0. The summed E-state index contributed by atoms with van der Waals surface area (Å²) in [6.45, 7) is 9.14. The minimum atomic E-state index is -0.112. The molecular formula is C15H26O. The van der Waals surface area contributed by atoms with Crippen molar-refractivity contribution in [3.63, 3.8) is 0 Å². The molecule has 3 atom stereocenters. The van der Waals surface area contributed by atoms with E-state index in [0.29, 0.717) is 11.8 Å². The predicted octanol–water partition coefficient (Wildman–Crippen LogP) is 3.92. The number of fused-ring (bicyclic) bond motifs is 1. The molecule has 1 N–H and O–H groups in total. The summed E-state index contributed by atoms with van der Waals surface area (Å²) < 4.78 is 0. The average Bonchev–Trinajstić information content (AvgIpc) is 2.20. The maximum Gasteiger partial charge on any atom is 0.0633 e. The van der Waals surface area contributed by atoms with Crippen molar-refractivity contribution in [1.82, 2.24) is 0 Å². The molecule has 1 nitrogen and oxygen atoms in total. The Morgan fingerprint density at radius 1 is 1.38 bits per heavy atom. The summed E-state index contributed by atoms with van der Waals surface area (Å²) in [5.41, 5.74) is 3.27. The number of aliphatic hydroxyl groups excluding tert-OH is 1. The van der Waals surface area contributed by atoms with Crippen LogP contribution in [0.3, 0.4) is 0 Å². The molecule has 0 amide bonds. The van der Waals surface area contributed by atoms with Gasteiger partial charge in [0.1, 0.15) is 0 Å². The lowest BCUT2D eigenvalue weighted by Gasteiger charge is -2.48. The Bertz CT molecular complexity index is 303. The van der Waals surface area contributed by atoms with Crippen molar-refractivity contribution < 1.29 is 5.11 Å². The van der Waals surface area contributed by atoms with Crippen LogP contribution in [0.15, 0.2) is 11.1 Å². The van der Waals surface area contributed by atoms with Gasteiger partial charge in [0, 0.05) is 5.41 Å². The van der Waals surface area contributed by atoms with E-state index in [1.54, 1.807) is 11.1 Å². The van der Waals surface area contributed by atoms with Gasteiger partial charge in [0.15, 0.2) is 0 Å². The van der Waals surface area contributed by atoms with Gasteiger partial charge in [0.2, 0.25) is 0 Å². The Labute approximate surface area is 99.9 Å². The van der Waals surface area contributed by atoms with E-state index in [2.05, 4.69) is 27.7 Å². The van der Waals surface area contributed by atoms with Gasteiger partial charge in [-0.15, -0.1) is 0 Å². The van der Waals surface area contributed by atoms with Gasteiger partial charge in [-0.2, -0.15) is 0 Å². The van der Waals surface area contributed by atoms with Crippen LogP contribution in [0.2, 0.25) is 0 Å². The molecule has 2 aliphatic rings. The van der Waals surface area contributed by atoms with E-state index in [-0.39, 0.29) is 11.5 Å². The van der Waals surface area contributed by atoms with Crippen LogP contribution in [0, 0.1) is 17.3 Å². The Balaban J connectivity index is 2.31. The fourth-order valence-electron chi connectivity index (χ4n) is 3.69. The van der Waals surface area contributed by atoms with Crippen molar-refractivity contribution in [1.29, 1.82) is 0 Å². The van der Waals surface area contributed by atoms with Crippen LogP contribution in [0.5, 0.6) is 0 Å². The molecule has 0 radical (unpaired) electrons. The van der Waals surface area contributed by atoms with Crippen molar-refractivity contribution in [2.45, 2.75) is 65.9 Å². The highest BCUT2D eigenvalue weighted by atomic mass is 16.3. The van der Waals surface area contributed by atoms with Gasteiger partial charge in [0.25, 0.3) is 0 Å². The topological polar surface area (TPSA) is 20.2 Å². The van der Waals surface area contributed by atoms with Gasteiger partial charge in [0.05, 0.1) is 6.10 Å². The monoisotopic (exact) mass is 222 g/mol. The van der Waals surface area contributed by atoms with Gasteiger partial charge in [-0.1, -0.05) is 31.9 Å². The third-order valence-corrected chi connectivity index (χ3v) is 5.12. The Morgan fingerprint density at radius 2 is 2.06 bits per heavy atom. The smallest absolute Gasteiger partial charge is 0.0633 e. The molecule has 1 saturated carbocycles. The highest BCUT2D eigenvalue weighted by Crippen LogP contribution is 2.52. The first-order chi connectivity index (χ1) is 7.45. The molecule has 0 aromatic heterocycles. The van der Waals surface area contributed by atoms with Crippen molar-refractivity contribution in [3.8, 4) is 0 Å². The molecule has 0 aliphatic heterocycles. The van der Waals surface area contributed by atoms with Crippen LogP contribution in [0.25, 0.3) is 0 Å². The summed E-state index contributed by atoms with van der Waals surface area (Å²) in [5, 5.41) is 10.5. The first kappa shape index (κ1) is 12.2. The zero-order valence-electron chi connectivity index (χ0n) is 11.2. The van der Waals surface area contributed by atoms with Gasteiger partial charge in [-0.05, 0) is 50.9 Å². The molecular weight excluding hydrogens is 196 g/mol. The van der Waals surface area contributed by atoms with Crippen molar-refractivity contribution in [2.75, 3.05) is 0 Å². The van der Waals surface area contributed by atoms with E-state index in [0.717, 1.165) is 6.42 Å². The molecule has 2 aliphatic carbocycles. The normalized spacial score (nSPS) is 40.1. The van der Waals surface area contributed by atoms with Crippen LogP contribution < -0.4 is 0 Å². The molecule has 2 rings (SSSR count). The third kappa shape index (κ3) is 1.84. The molecule has 1 fully saturated rings. The molecule has 0 bridgehead atoms. The fraction of sp³-hybridized carbons (Fsp3) is 0.867. The maximum absolute atomic E-state index is 10.5. The number of aliphatic hydroxyl groups is 1. The zero-order chi connectivity index (χ0) is 11.9. The van der Waals surface area contributed by atoms with Gasteiger partial charge in [-0.25, -0.2) is 0 Å². The van der Waals surface area contributed by atoms with E-state index in [9.17, 15) is 5.11 Å². The van der Waals surface area contributed by atoms with Crippen molar-refractivity contribution in [2.24, 2.45) is 17.3 Å². The molecule has 0 spiro atoms. The quantitative estimate of drug-likeness (QED) is 0.667. The predicted molar refractivity (Wildman–Crippen MR) is 68.2 cm³/mol. The summed E-state index contributed by atoms with van der Waals surface area (Å²) in [6.07, 6.45) is 5.82. The molecule has 0 saturated heterocycles. The van der Waals surface area contributed by atoms with Crippen LogP contribution >= 0.6 is 0 Å². The lowest BCUT2D eigenvalue weighted by Crippen LogP contribution is -2.43. The summed E-state index contributed by atoms with van der Waals surface area (Å²) in [5.74, 6) is 1.38. The SMILES string of the molecule is CC1=C2CC(C(C)C)CC(O)C2(C)CCC1. The van der Waals surface area contributed by atoms with Crippen LogP contribution in [-0.2, 0) is 0 Å². The van der Waals surface area contributed by atoms with E-state index >= 15 is 0 Å². The molecule has 0 heterocycles. The first-order valence-electron chi connectivity index (χ1n) is 6.82. The largest absolute Gasteiger partial charge is 0.392 e. The second-order valence-electron chi connectivity index (χ2n) is 6.49. The lowest BCUT2D eigenvalue weighted by molar-refractivity contribution is -0.00188. The van der Waals surface area contributed by atoms with Crippen LogP contribution in [0.1, 0.15) is 59.8 Å². The van der Waals surface area contributed by atoms with Crippen LogP contribution in [0.4, 0.5) is 0 Å². The van der Waals surface area contributed by atoms with E-state index < -0.39 is 0 Å². The summed E-state index contributed by atoms with van der Waals surface area (Å²) in [7, 11) is 0. The number of allylic oxidation sites excluding steroid dienone is 1. The molecule has 0 aromatic carbocycles. The molecule has 92 valence electrons. The van der Waals surface area contributed by atoms with Crippen molar-refractivity contribution in [3.05, 3.63) is 11.1 Å². The molecule has 16 heavy (non-hydrogen) atoms. The van der Waals surface area contributed by atoms with E-state index in [1.807, 2.05) is 0 Å². The van der Waals surface area contributed by atoms with E-state index in [1.165, 1.54) is 25.7 Å². The second-order valence-corrected chi connectivity index (χ2v) is 6.49. The average molecular weight is 222 g/mol. The number of hydrogen-bond donors (Lipinski definition) is 1. The first-order valence-corrected chi connectivity index (χ1v) is 6.82. The highest BCUT2D eigenvalue weighted by molar-refractivity contribution is 5.27. The molecule has 1 heteroatoms. The lowest BCUT2D eigenvalue weighted by atomic mass is 9.59. The number of rotatable bonds is 1. The molecule has 0 aromatic rings. The number of hydrogen-bond acceptors (Lipinski definition) is 1. The standard InChI is InChI=1S/C15H26O/c1-10(2)12-8-13-11(3)6-5-7-15(13,4)14(16)9-12/h10,12,14,16H,5-9H2,1-4H3. The van der Waals surface area contributed by atoms with Gasteiger partial charge >= 0.3 is 0 Å². The van der Waals surface area contributed by atoms with Crippen molar-refractivity contribution >= 4 is 0 Å². The Hall–Kier alpha value is -0.300. The maximum atomic E-state index is 10.5. The second kappa shape index (κ2) is 4.18. The molecule has 3 unspecified atom stereocenters. The summed E-state index contributed by atoms with van der Waals surface area (Å²) >= 11 is 0. The summed E-state index contributed by atoms with van der Waals surface area (Å²) in [6, 6.07) is 0. The van der Waals surface area contributed by atoms with Crippen LogP contribution in [-0.4, -0.2) is 11.2 Å². The fourth-order valence-corrected chi connectivity index (χ4v) is 3.69. The minimum Gasteiger partial charge on any atom is -0.392 e.